The first-order valence-corrected chi connectivity index (χ1v) is 9.93. The predicted molar refractivity (Wildman–Crippen MR) is 107 cm³/mol. The number of hydrogen-bond donors (Lipinski definition) is 2. The van der Waals surface area contributed by atoms with Crippen LogP contribution in [-0.2, 0) is 0 Å². The zero-order valence-corrected chi connectivity index (χ0v) is 15.9. The number of H-pyrrole nitrogens is 1. The summed E-state index contributed by atoms with van der Waals surface area (Å²) in [6.07, 6.45) is 0. The highest BCUT2D eigenvalue weighted by atomic mass is 35.5. The van der Waals surface area contributed by atoms with Crippen LogP contribution in [0.2, 0.25) is 5.02 Å². The Labute approximate surface area is 161 Å². The lowest BCUT2D eigenvalue weighted by atomic mass is 10.2. The lowest BCUT2D eigenvalue weighted by Crippen LogP contribution is -2.17. The van der Waals surface area contributed by atoms with Gasteiger partial charge in [0.1, 0.15) is 16.5 Å². The summed E-state index contributed by atoms with van der Waals surface area (Å²) in [6.45, 7) is 1.87. The van der Waals surface area contributed by atoms with E-state index in [4.69, 9.17) is 11.6 Å². The molecule has 3 heterocycles. The van der Waals surface area contributed by atoms with Crippen LogP contribution in [0, 0.1) is 5.82 Å². The molecule has 132 valence electrons. The molecule has 0 aliphatic carbocycles. The number of hydrogen-bond acceptors (Lipinski definition) is 5. The molecule has 4 nitrogen and oxygen atoms in total. The second-order valence-corrected chi connectivity index (χ2v) is 7.97. The van der Waals surface area contributed by atoms with E-state index in [0.717, 1.165) is 10.4 Å². The highest BCUT2D eigenvalue weighted by Crippen LogP contribution is 2.34. The maximum absolute atomic E-state index is 13.3. The van der Waals surface area contributed by atoms with Gasteiger partial charge in [-0.15, -0.1) is 22.7 Å². The fraction of sp³-hybridized carbons (Fsp3) is 0.111. The first-order chi connectivity index (χ1) is 12.5. The average Bonchev–Trinajstić information content (AvgIpc) is 3.27. The van der Waals surface area contributed by atoms with Crippen molar-refractivity contribution in [1.29, 1.82) is 0 Å². The Bertz CT molecular complexity index is 1140. The Morgan fingerprint density at radius 1 is 1.31 bits per heavy atom. The summed E-state index contributed by atoms with van der Waals surface area (Å²) < 4.78 is 13.3. The van der Waals surface area contributed by atoms with Gasteiger partial charge in [0.15, 0.2) is 0 Å². The fourth-order valence-electron chi connectivity index (χ4n) is 2.69. The van der Waals surface area contributed by atoms with Crippen molar-refractivity contribution in [2.75, 3.05) is 5.32 Å². The van der Waals surface area contributed by atoms with Crippen molar-refractivity contribution in [3.8, 4) is 10.4 Å². The molecular formula is C18H13ClFN3OS2. The van der Waals surface area contributed by atoms with Gasteiger partial charge in [-0.2, -0.15) is 0 Å². The summed E-state index contributed by atoms with van der Waals surface area (Å²) in [4.78, 5) is 21.8. The molecule has 0 bridgehead atoms. The van der Waals surface area contributed by atoms with Crippen molar-refractivity contribution in [2.24, 2.45) is 0 Å². The summed E-state index contributed by atoms with van der Waals surface area (Å²) in [5, 5.41) is 7.76. The molecule has 8 heteroatoms. The smallest absolute Gasteiger partial charge is 0.260 e. The van der Waals surface area contributed by atoms with Crippen LogP contribution in [0.1, 0.15) is 18.8 Å². The second-order valence-electron chi connectivity index (χ2n) is 5.75. The maximum Gasteiger partial charge on any atom is 0.260 e. The minimum Gasteiger partial charge on any atom is -0.375 e. The van der Waals surface area contributed by atoms with Gasteiger partial charge in [0.25, 0.3) is 5.56 Å². The SMILES string of the molecule is C[C@H](Nc1ccc(F)c(Cl)c1)c1nc2scc(-c3cccs3)c2c(=O)[nH]1. The normalized spacial score (nSPS) is 12.4. The molecule has 0 spiro atoms. The molecule has 0 aliphatic heterocycles. The highest BCUT2D eigenvalue weighted by Gasteiger charge is 2.16. The Morgan fingerprint density at radius 2 is 2.15 bits per heavy atom. The quantitative estimate of drug-likeness (QED) is 0.459. The second kappa shape index (κ2) is 6.83. The molecule has 3 aromatic heterocycles. The molecular weight excluding hydrogens is 393 g/mol. The number of nitrogens with one attached hydrogen (secondary N) is 2. The number of nitrogens with zero attached hydrogens (tertiary/aromatic N) is 1. The van der Waals surface area contributed by atoms with Crippen LogP contribution in [0.5, 0.6) is 0 Å². The van der Waals surface area contributed by atoms with Crippen molar-refractivity contribution < 1.29 is 4.39 Å². The van der Waals surface area contributed by atoms with Gasteiger partial charge in [-0.3, -0.25) is 4.79 Å². The Balaban J connectivity index is 1.69. The van der Waals surface area contributed by atoms with Crippen LogP contribution < -0.4 is 10.9 Å². The molecule has 0 unspecified atom stereocenters. The third-order valence-corrected chi connectivity index (χ3v) is 6.03. The number of anilines is 1. The van der Waals surface area contributed by atoms with Gasteiger partial charge in [0.05, 0.1) is 16.5 Å². The standard InChI is InChI=1S/C18H13ClFN3OS2/c1-9(21-10-4-5-13(20)12(19)7-10)16-22-17(24)15-11(8-26-18(15)23-16)14-3-2-6-25-14/h2-9,21H,1H3,(H,22,23,24)/t9-/m0/s1. The topological polar surface area (TPSA) is 57.8 Å². The molecule has 0 radical (unpaired) electrons. The molecule has 0 aliphatic rings. The monoisotopic (exact) mass is 405 g/mol. The number of aromatic amines is 1. The van der Waals surface area contributed by atoms with Crippen molar-refractivity contribution in [2.45, 2.75) is 13.0 Å². The number of rotatable bonds is 4. The summed E-state index contributed by atoms with van der Waals surface area (Å²) in [5.41, 5.74) is 1.39. The van der Waals surface area contributed by atoms with E-state index in [0.29, 0.717) is 21.7 Å². The van der Waals surface area contributed by atoms with Gasteiger partial charge in [-0.1, -0.05) is 17.7 Å². The van der Waals surface area contributed by atoms with Gasteiger partial charge in [0.2, 0.25) is 0 Å². The van der Waals surface area contributed by atoms with Crippen LogP contribution in [-0.4, -0.2) is 9.97 Å². The Morgan fingerprint density at radius 3 is 2.88 bits per heavy atom. The number of thiophene rings is 2. The van der Waals surface area contributed by atoms with Crippen molar-refractivity contribution >= 4 is 50.2 Å². The van der Waals surface area contributed by atoms with Gasteiger partial charge < -0.3 is 10.3 Å². The Kier molecular flexibility index (Phi) is 4.52. The van der Waals surface area contributed by atoms with E-state index in [1.807, 2.05) is 29.8 Å². The van der Waals surface area contributed by atoms with E-state index in [1.165, 1.54) is 23.5 Å². The van der Waals surface area contributed by atoms with Gasteiger partial charge in [-0.25, -0.2) is 9.37 Å². The van der Waals surface area contributed by atoms with Crippen LogP contribution in [0.4, 0.5) is 10.1 Å². The number of benzene rings is 1. The molecule has 4 aromatic rings. The molecule has 1 atom stereocenters. The van der Waals surface area contributed by atoms with Crippen LogP contribution in [0.15, 0.2) is 45.9 Å². The van der Waals surface area contributed by atoms with E-state index in [9.17, 15) is 9.18 Å². The fourth-order valence-corrected chi connectivity index (χ4v) is 4.64. The molecule has 4 rings (SSSR count). The van der Waals surface area contributed by atoms with Crippen molar-refractivity contribution in [3.05, 3.63) is 68.1 Å². The number of fused-ring (bicyclic) bond motifs is 1. The Hall–Kier alpha value is -2.22. The number of aromatic nitrogens is 2. The highest BCUT2D eigenvalue weighted by molar-refractivity contribution is 7.18. The third kappa shape index (κ3) is 3.13. The number of halogens is 2. The molecule has 26 heavy (non-hydrogen) atoms. The molecule has 0 amide bonds. The third-order valence-electron chi connectivity index (χ3n) is 3.96. The lowest BCUT2D eigenvalue weighted by molar-refractivity contribution is 0.628. The van der Waals surface area contributed by atoms with E-state index in [1.54, 1.807) is 17.4 Å². The van der Waals surface area contributed by atoms with E-state index < -0.39 is 5.82 Å². The van der Waals surface area contributed by atoms with Gasteiger partial charge in [0, 0.05) is 21.5 Å². The lowest BCUT2D eigenvalue weighted by Gasteiger charge is -2.15. The molecule has 0 fully saturated rings. The first-order valence-electron chi connectivity index (χ1n) is 7.80. The first kappa shape index (κ1) is 17.2. The van der Waals surface area contributed by atoms with E-state index >= 15 is 0 Å². The zero-order chi connectivity index (χ0) is 18.3. The minimum absolute atomic E-state index is 0.0398. The van der Waals surface area contributed by atoms with E-state index in [-0.39, 0.29) is 16.6 Å². The van der Waals surface area contributed by atoms with Crippen LogP contribution in [0.25, 0.3) is 20.7 Å². The minimum atomic E-state index is -0.475. The molecule has 1 aromatic carbocycles. The van der Waals surface area contributed by atoms with Crippen LogP contribution in [0.3, 0.4) is 0 Å². The van der Waals surface area contributed by atoms with Crippen molar-refractivity contribution in [3.63, 3.8) is 0 Å². The van der Waals surface area contributed by atoms with E-state index in [2.05, 4.69) is 15.3 Å². The van der Waals surface area contributed by atoms with Crippen LogP contribution >= 0.6 is 34.3 Å². The van der Waals surface area contributed by atoms with Gasteiger partial charge >= 0.3 is 0 Å². The summed E-state index contributed by atoms with van der Waals surface area (Å²) in [6, 6.07) is 8.06. The summed E-state index contributed by atoms with van der Waals surface area (Å²) >= 11 is 8.85. The molecule has 2 N–H and O–H groups in total. The molecule has 0 saturated carbocycles. The maximum atomic E-state index is 13.3. The average molecular weight is 406 g/mol. The van der Waals surface area contributed by atoms with Gasteiger partial charge in [-0.05, 0) is 36.6 Å². The summed E-state index contributed by atoms with van der Waals surface area (Å²) in [5.74, 6) is 0.0417. The molecule has 0 saturated heterocycles. The zero-order valence-electron chi connectivity index (χ0n) is 13.5. The largest absolute Gasteiger partial charge is 0.375 e. The predicted octanol–water partition coefficient (Wildman–Crippen LogP) is 5.68. The van der Waals surface area contributed by atoms with Crippen molar-refractivity contribution in [1.82, 2.24) is 9.97 Å². The summed E-state index contributed by atoms with van der Waals surface area (Å²) in [7, 11) is 0.